The standard InChI is InChI=1S/C17H23N5O3/c1-5-22(13(4)23)10-14-8-6-7-9-15(14)20-17(24)18-11(2)16-19-12(3)21-25-16/h6-9,11H,5,10H2,1-4H3,(H2,18,20,24)/t11-/m0/s1. The molecular formula is C17H23N5O3. The predicted octanol–water partition coefficient (Wildman–Crippen LogP) is 2.63. The van der Waals surface area contributed by atoms with Crippen LogP contribution in [0.5, 0.6) is 0 Å². The van der Waals surface area contributed by atoms with Crippen molar-refractivity contribution in [2.45, 2.75) is 40.3 Å². The Balaban J connectivity index is 2.04. The fraction of sp³-hybridized carbons (Fsp3) is 0.412. The Kier molecular flexibility index (Phi) is 6.10. The predicted molar refractivity (Wildman–Crippen MR) is 92.8 cm³/mol. The molecule has 2 rings (SSSR count). The second-order valence-electron chi connectivity index (χ2n) is 5.69. The topological polar surface area (TPSA) is 100 Å². The van der Waals surface area contributed by atoms with Crippen molar-refractivity contribution in [1.82, 2.24) is 20.4 Å². The van der Waals surface area contributed by atoms with E-state index in [1.807, 2.05) is 25.1 Å². The second-order valence-corrected chi connectivity index (χ2v) is 5.69. The number of nitrogens with one attached hydrogen (secondary N) is 2. The van der Waals surface area contributed by atoms with Crippen LogP contribution in [-0.4, -0.2) is 33.5 Å². The van der Waals surface area contributed by atoms with Gasteiger partial charge in [0.2, 0.25) is 11.8 Å². The maximum Gasteiger partial charge on any atom is 0.319 e. The van der Waals surface area contributed by atoms with Crippen LogP contribution in [0.4, 0.5) is 10.5 Å². The van der Waals surface area contributed by atoms with E-state index in [4.69, 9.17) is 4.52 Å². The number of anilines is 1. The fourth-order valence-corrected chi connectivity index (χ4v) is 2.34. The van der Waals surface area contributed by atoms with Crippen LogP contribution < -0.4 is 10.6 Å². The molecule has 0 fully saturated rings. The molecule has 1 atom stereocenters. The second kappa shape index (κ2) is 8.27. The highest BCUT2D eigenvalue weighted by Crippen LogP contribution is 2.18. The SMILES string of the molecule is CCN(Cc1ccccc1NC(=O)N[C@@H](C)c1nc(C)no1)C(C)=O. The Morgan fingerprint density at radius 1 is 1.32 bits per heavy atom. The molecule has 1 aromatic carbocycles. The van der Waals surface area contributed by atoms with Gasteiger partial charge in [0.25, 0.3) is 0 Å². The molecule has 2 N–H and O–H groups in total. The quantitative estimate of drug-likeness (QED) is 0.838. The summed E-state index contributed by atoms with van der Waals surface area (Å²) in [5.41, 5.74) is 1.50. The number of hydrogen-bond acceptors (Lipinski definition) is 5. The monoisotopic (exact) mass is 345 g/mol. The molecule has 0 aliphatic carbocycles. The average Bonchev–Trinajstić information content (AvgIpc) is 3.00. The highest BCUT2D eigenvalue weighted by atomic mass is 16.5. The van der Waals surface area contributed by atoms with Gasteiger partial charge in [-0.15, -0.1) is 0 Å². The molecule has 2 aromatic rings. The van der Waals surface area contributed by atoms with Gasteiger partial charge in [-0.05, 0) is 32.4 Å². The van der Waals surface area contributed by atoms with Crippen molar-refractivity contribution in [2.75, 3.05) is 11.9 Å². The van der Waals surface area contributed by atoms with Crippen LogP contribution in [0.15, 0.2) is 28.8 Å². The van der Waals surface area contributed by atoms with Crippen LogP contribution >= 0.6 is 0 Å². The van der Waals surface area contributed by atoms with E-state index in [0.29, 0.717) is 30.5 Å². The van der Waals surface area contributed by atoms with Crippen LogP contribution in [-0.2, 0) is 11.3 Å². The molecule has 0 spiro atoms. The first-order chi connectivity index (χ1) is 11.9. The van der Waals surface area contributed by atoms with Gasteiger partial charge in [-0.25, -0.2) is 4.79 Å². The number of benzene rings is 1. The first-order valence-electron chi connectivity index (χ1n) is 8.11. The van der Waals surface area contributed by atoms with E-state index in [1.165, 1.54) is 6.92 Å². The van der Waals surface area contributed by atoms with E-state index < -0.39 is 6.04 Å². The molecule has 1 heterocycles. The molecule has 3 amide bonds. The minimum absolute atomic E-state index is 0.0119. The van der Waals surface area contributed by atoms with Gasteiger partial charge in [-0.2, -0.15) is 4.98 Å². The third-order valence-electron chi connectivity index (χ3n) is 3.72. The number of carbonyl (C=O) groups is 2. The van der Waals surface area contributed by atoms with Crippen LogP contribution in [0.2, 0.25) is 0 Å². The lowest BCUT2D eigenvalue weighted by atomic mass is 10.1. The molecule has 8 nitrogen and oxygen atoms in total. The maximum absolute atomic E-state index is 12.3. The number of amides is 3. The highest BCUT2D eigenvalue weighted by molar-refractivity contribution is 5.90. The summed E-state index contributed by atoms with van der Waals surface area (Å²) >= 11 is 0. The average molecular weight is 345 g/mol. The van der Waals surface area contributed by atoms with Crippen molar-refractivity contribution < 1.29 is 14.1 Å². The molecule has 0 aliphatic heterocycles. The van der Waals surface area contributed by atoms with Gasteiger partial charge in [-0.3, -0.25) is 4.79 Å². The zero-order chi connectivity index (χ0) is 18.4. The van der Waals surface area contributed by atoms with Gasteiger partial charge >= 0.3 is 6.03 Å². The van der Waals surface area contributed by atoms with Gasteiger partial charge in [0.05, 0.1) is 0 Å². The van der Waals surface area contributed by atoms with Crippen molar-refractivity contribution in [1.29, 1.82) is 0 Å². The van der Waals surface area contributed by atoms with E-state index in [0.717, 1.165) is 5.56 Å². The summed E-state index contributed by atoms with van der Waals surface area (Å²) < 4.78 is 5.05. The number of aryl methyl sites for hydroxylation is 1. The first-order valence-corrected chi connectivity index (χ1v) is 8.11. The molecule has 0 unspecified atom stereocenters. The Morgan fingerprint density at radius 3 is 2.64 bits per heavy atom. The summed E-state index contributed by atoms with van der Waals surface area (Å²) in [5.74, 6) is 0.843. The lowest BCUT2D eigenvalue weighted by Crippen LogP contribution is -2.32. The number of nitrogens with zero attached hydrogens (tertiary/aromatic N) is 3. The normalized spacial score (nSPS) is 11.7. The lowest BCUT2D eigenvalue weighted by molar-refractivity contribution is -0.129. The van der Waals surface area contributed by atoms with E-state index >= 15 is 0 Å². The molecule has 0 saturated heterocycles. The summed E-state index contributed by atoms with van der Waals surface area (Å²) in [6, 6.07) is 6.57. The zero-order valence-corrected chi connectivity index (χ0v) is 14.9. The summed E-state index contributed by atoms with van der Waals surface area (Å²) in [5, 5.41) is 9.26. The largest absolute Gasteiger partial charge is 0.339 e. The number of rotatable bonds is 6. The maximum atomic E-state index is 12.3. The Morgan fingerprint density at radius 2 is 2.04 bits per heavy atom. The summed E-state index contributed by atoms with van der Waals surface area (Å²) in [4.78, 5) is 29.7. The van der Waals surface area contributed by atoms with Crippen molar-refractivity contribution in [2.24, 2.45) is 0 Å². The molecule has 1 aromatic heterocycles. The summed E-state index contributed by atoms with van der Waals surface area (Å²) in [6.07, 6.45) is 0. The lowest BCUT2D eigenvalue weighted by Gasteiger charge is -2.21. The molecule has 134 valence electrons. The third-order valence-corrected chi connectivity index (χ3v) is 3.72. The summed E-state index contributed by atoms with van der Waals surface area (Å²) in [6.45, 7) is 7.94. The van der Waals surface area contributed by atoms with Crippen molar-refractivity contribution >= 4 is 17.6 Å². The molecule has 0 aliphatic rings. The van der Waals surface area contributed by atoms with Gasteiger partial charge in [-0.1, -0.05) is 23.4 Å². The Labute approximate surface area is 146 Å². The smallest absolute Gasteiger partial charge is 0.319 e. The number of para-hydroxylation sites is 1. The van der Waals surface area contributed by atoms with Crippen LogP contribution in [0.3, 0.4) is 0 Å². The van der Waals surface area contributed by atoms with Gasteiger partial charge < -0.3 is 20.1 Å². The first kappa shape index (κ1) is 18.4. The van der Waals surface area contributed by atoms with Crippen LogP contribution in [0.1, 0.15) is 44.1 Å². The minimum atomic E-state index is -0.419. The number of carbonyl (C=O) groups excluding carboxylic acids is 2. The third kappa shape index (κ3) is 5.03. The Bertz CT molecular complexity index is 743. The Hall–Kier alpha value is -2.90. The zero-order valence-electron chi connectivity index (χ0n) is 14.9. The molecule has 0 bridgehead atoms. The highest BCUT2D eigenvalue weighted by Gasteiger charge is 2.17. The molecule has 0 saturated carbocycles. The van der Waals surface area contributed by atoms with E-state index in [2.05, 4.69) is 20.8 Å². The van der Waals surface area contributed by atoms with Crippen LogP contribution in [0, 0.1) is 6.92 Å². The van der Waals surface area contributed by atoms with Crippen molar-refractivity contribution in [3.8, 4) is 0 Å². The van der Waals surface area contributed by atoms with Crippen LogP contribution in [0.25, 0.3) is 0 Å². The number of aromatic nitrogens is 2. The molecular weight excluding hydrogens is 322 g/mol. The molecule has 25 heavy (non-hydrogen) atoms. The summed E-state index contributed by atoms with van der Waals surface area (Å²) in [7, 11) is 0. The van der Waals surface area contributed by atoms with E-state index in [9.17, 15) is 9.59 Å². The van der Waals surface area contributed by atoms with E-state index in [1.54, 1.807) is 24.8 Å². The van der Waals surface area contributed by atoms with Gasteiger partial charge in [0, 0.05) is 25.7 Å². The molecule has 0 radical (unpaired) electrons. The van der Waals surface area contributed by atoms with Crippen molar-refractivity contribution in [3.05, 3.63) is 41.5 Å². The molecule has 8 heteroatoms. The minimum Gasteiger partial charge on any atom is -0.339 e. The fourth-order valence-electron chi connectivity index (χ4n) is 2.34. The van der Waals surface area contributed by atoms with Gasteiger partial charge in [0.15, 0.2) is 5.82 Å². The number of hydrogen-bond donors (Lipinski definition) is 2. The number of urea groups is 1. The van der Waals surface area contributed by atoms with Gasteiger partial charge in [0.1, 0.15) is 6.04 Å². The van der Waals surface area contributed by atoms with E-state index in [-0.39, 0.29) is 11.9 Å². The van der Waals surface area contributed by atoms with Crippen molar-refractivity contribution in [3.63, 3.8) is 0 Å².